The van der Waals surface area contributed by atoms with Crippen LogP contribution in [0.3, 0.4) is 0 Å². The number of hydrogen-bond acceptors (Lipinski definition) is 3. The van der Waals surface area contributed by atoms with Crippen LogP contribution in [0.2, 0.25) is 0 Å². The third-order valence-corrected chi connectivity index (χ3v) is 5.01. The van der Waals surface area contributed by atoms with Crippen LogP contribution in [0.1, 0.15) is 25.3 Å². The van der Waals surface area contributed by atoms with Gasteiger partial charge in [0, 0.05) is 18.5 Å². The van der Waals surface area contributed by atoms with Crippen LogP contribution < -0.4 is 5.32 Å². The lowest BCUT2D eigenvalue weighted by Gasteiger charge is -2.35. The minimum Gasteiger partial charge on any atom is -0.321 e. The van der Waals surface area contributed by atoms with Crippen LogP contribution >= 0.6 is 0 Å². The molecule has 22 heavy (non-hydrogen) atoms. The Morgan fingerprint density at radius 1 is 1.41 bits per heavy atom. The maximum atomic E-state index is 14.0. The molecule has 0 unspecified atom stereocenters. The molecular weight excluding hydrogens is 307 g/mol. The summed E-state index contributed by atoms with van der Waals surface area (Å²) in [5, 5.41) is 2.64. The molecule has 7 heteroatoms. The monoisotopic (exact) mass is 328 g/mol. The summed E-state index contributed by atoms with van der Waals surface area (Å²) in [5.41, 5.74) is -0.363. The molecule has 0 saturated carbocycles. The largest absolute Gasteiger partial charge is 0.321 e. The van der Waals surface area contributed by atoms with E-state index in [0.29, 0.717) is 30.6 Å². The van der Waals surface area contributed by atoms with Gasteiger partial charge in [-0.3, -0.25) is 0 Å². The highest BCUT2D eigenvalue weighted by atomic mass is 32.2. The fourth-order valence-electron chi connectivity index (χ4n) is 2.65. The van der Waals surface area contributed by atoms with E-state index in [1.165, 1.54) is 17.9 Å². The van der Waals surface area contributed by atoms with Gasteiger partial charge in [0.1, 0.15) is 5.67 Å². The molecule has 0 spiro atoms. The number of alkyl halides is 1. The normalized spacial score (nSPS) is 22.5. The topological polar surface area (TPSA) is 66.5 Å². The van der Waals surface area contributed by atoms with E-state index in [4.69, 9.17) is 0 Å². The maximum Gasteiger partial charge on any atom is 0.321 e. The van der Waals surface area contributed by atoms with E-state index in [1.54, 1.807) is 19.1 Å². The molecule has 1 atom stereocenters. The molecule has 2 amide bonds. The Morgan fingerprint density at radius 3 is 2.68 bits per heavy atom. The Hall–Kier alpha value is -1.63. The first-order valence-corrected chi connectivity index (χ1v) is 9.03. The van der Waals surface area contributed by atoms with Gasteiger partial charge in [0.15, 0.2) is 9.84 Å². The van der Waals surface area contributed by atoms with Crippen molar-refractivity contribution in [2.24, 2.45) is 0 Å². The molecule has 1 aliphatic rings. The first-order chi connectivity index (χ1) is 10.1. The summed E-state index contributed by atoms with van der Waals surface area (Å²) in [6, 6.07) is 4.30. The molecular formula is C15H21FN2O3S. The molecule has 122 valence electrons. The Balaban J connectivity index is 2.16. The number of carbonyl (C=O) groups is 1. The molecule has 1 heterocycles. The van der Waals surface area contributed by atoms with Gasteiger partial charge in [-0.1, -0.05) is 6.07 Å². The molecule has 0 aliphatic carbocycles. The second-order valence-electron chi connectivity index (χ2n) is 6.12. The average Bonchev–Trinajstić information content (AvgIpc) is 2.38. The molecule has 5 nitrogen and oxygen atoms in total. The zero-order valence-corrected chi connectivity index (χ0v) is 13.8. The summed E-state index contributed by atoms with van der Waals surface area (Å²) in [6.07, 6.45) is 2.18. The number of carbonyl (C=O) groups excluding carboxylic acids is 1. The van der Waals surface area contributed by atoms with Crippen LogP contribution in [-0.2, 0) is 9.84 Å². The molecule has 1 fully saturated rings. The van der Waals surface area contributed by atoms with E-state index in [2.05, 4.69) is 5.32 Å². The van der Waals surface area contributed by atoms with Gasteiger partial charge in [0.05, 0.1) is 11.4 Å². The zero-order chi connectivity index (χ0) is 16.5. The van der Waals surface area contributed by atoms with Gasteiger partial charge in [-0.2, -0.15) is 0 Å². The molecule has 0 aromatic heterocycles. The Morgan fingerprint density at radius 2 is 2.09 bits per heavy atom. The Labute approximate surface area is 130 Å². The number of piperidine rings is 1. The third-order valence-electron chi connectivity index (χ3n) is 3.77. The number of urea groups is 1. The van der Waals surface area contributed by atoms with Crippen LogP contribution in [0.25, 0.3) is 0 Å². The molecule has 1 aliphatic heterocycles. The SMILES string of the molecule is Cc1ccc(NC(=O)N2CCC[C@@](C)(F)C2)cc1S(C)(=O)=O. The van der Waals surface area contributed by atoms with Crippen molar-refractivity contribution in [2.75, 3.05) is 24.7 Å². The van der Waals surface area contributed by atoms with Crippen LogP contribution in [0.4, 0.5) is 14.9 Å². The summed E-state index contributed by atoms with van der Waals surface area (Å²) in [4.78, 5) is 13.8. The number of nitrogens with one attached hydrogen (secondary N) is 1. The van der Waals surface area contributed by atoms with Gasteiger partial charge in [0.25, 0.3) is 0 Å². The van der Waals surface area contributed by atoms with E-state index >= 15 is 0 Å². The number of nitrogens with zero attached hydrogens (tertiary/aromatic N) is 1. The lowest BCUT2D eigenvalue weighted by Crippen LogP contribution is -2.47. The Kier molecular flexibility index (Phi) is 4.47. The number of amides is 2. The molecule has 0 radical (unpaired) electrons. The first kappa shape index (κ1) is 16.7. The highest BCUT2D eigenvalue weighted by molar-refractivity contribution is 7.90. The van der Waals surface area contributed by atoms with Crippen LogP contribution in [-0.4, -0.2) is 44.4 Å². The van der Waals surface area contributed by atoms with Crippen LogP contribution in [0.5, 0.6) is 0 Å². The predicted molar refractivity (Wildman–Crippen MR) is 83.6 cm³/mol. The van der Waals surface area contributed by atoms with Gasteiger partial charge in [-0.15, -0.1) is 0 Å². The molecule has 1 aromatic rings. The van der Waals surface area contributed by atoms with Crippen molar-refractivity contribution in [2.45, 2.75) is 37.3 Å². The van der Waals surface area contributed by atoms with Crippen molar-refractivity contribution in [3.05, 3.63) is 23.8 Å². The van der Waals surface area contributed by atoms with Gasteiger partial charge in [-0.25, -0.2) is 17.6 Å². The minimum atomic E-state index is -3.36. The number of sulfone groups is 1. The predicted octanol–water partition coefficient (Wildman–Crippen LogP) is 2.75. The molecule has 1 N–H and O–H groups in total. The maximum absolute atomic E-state index is 14.0. The number of benzene rings is 1. The van der Waals surface area contributed by atoms with Crippen LogP contribution in [0, 0.1) is 6.92 Å². The summed E-state index contributed by atoms with van der Waals surface area (Å²) in [6.45, 7) is 3.72. The third kappa shape index (κ3) is 3.97. The number of halogens is 1. The molecule has 0 bridgehead atoms. The van der Waals surface area contributed by atoms with Gasteiger partial charge in [-0.05, 0) is 44.4 Å². The summed E-state index contributed by atoms with van der Waals surface area (Å²) in [5.74, 6) is 0. The average molecular weight is 328 g/mol. The summed E-state index contributed by atoms with van der Waals surface area (Å²) in [7, 11) is -3.36. The van der Waals surface area contributed by atoms with Crippen molar-refractivity contribution in [3.8, 4) is 0 Å². The standard InChI is InChI=1S/C15H21FN2O3S/c1-11-5-6-12(9-13(11)22(3,20)21)17-14(19)18-8-4-7-15(2,16)10-18/h5-6,9H,4,7-8,10H2,1-3H3,(H,17,19)/t15-/m1/s1. The van der Waals surface area contributed by atoms with Gasteiger partial charge in [0.2, 0.25) is 0 Å². The van der Waals surface area contributed by atoms with Crippen molar-refractivity contribution < 1.29 is 17.6 Å². The lowest BCUT2D eigenvalue weighted by molar-refractivity contribution is 0.0808. The fourth-order valence-corrected chi connectivity index (χ4v) is 3.64. The minimum absolute atomic E-state index is 0.0453. The van der Waals surface area contributed by atoms with E-state index in [1.807, 2.05) is 0 Å². The number of aryl methyl sites for hydroxylation is 1. The second-order valence-corrected chi connectivity index (χ2v) is 8.11. The van der Waals surface area contributed by atoms with E-state index in [0.717, 1.165) is 6.26 Å². The highest BCUT2D eigenvalue weighted by Crippen LogP contribution is 2.25. The first-order valence-electron chi connectivity index (χ1n) is 7.14. The van der Waals surface area contributed by atoms with Crippen molar-refractivity contribution >= 4 is 21.6 Å². The number of rotatable bonds is 2. The van der Waals surface area contributed by atoms with Crippen molar-refractivity contribution in [3.63, 3.8) is 0 Å². The van der Waals surface area contributed by atoms with E-state index in [9.17, 15) is 17.6 Å². The molecule has 1 saturated heterocycles. The fraction of sp³-hybridized carbons (Fsp3) is 0.533. The molecule has 1 aromatic carbocycles. The van der Waals surface area contributed by atoms with Crippen molar-refractivity contribution in [1.29, 1.82) is 0 Å². The summed E-state index contributed by atoms with van der Waals surface area (Å²) < 4.78 is 37.4. The number of anilines is 1. The van der Waals surface area contributed by atoms with Crippen molar-refractivity contribution in [1.82, 2.24) is 4.90 Å². The summed E-state index contributed by atoms with van der Waals surface area (Å²) >= 11 is 0. The smallest absolute Gasteiger partial charge is 0.321 e. The van der Waals surface area contributed by atoms with E-state index < -0.39 is 21.5 Å². The lowest BCUT2D eigenvalue weighted by atomic mass is 9.97. The number of likely N-dealkylation sites (tertiary alicyclic amines) is 1. The highest BCUT2D eigenvalue weighted by Gasteiger charge is 2.32. The molecule has 2 rings (SSSR count). The zero-order valence-electron chi connectivity index (χ0n) is 13.0. The second kappa shape index (κ2) is 5.87. The van der Waals surface area contributed by atoms with E-state index in [-0.39, 0.29) is 11.4 Å². The van der Waals surface area contributed by atoms with Gasteiger partial charge >= 0.3 is 6.03 Å². The van der Waals surface area contributed by atoms with Gasteiger partial charge < -0.3 is 10.2 Å². The number of hydrogen-bond donors (Lipinski definition) is 1. The quantitative estimate of drug-likeness (QED) is 0.908. The van der Waals surface area contributed by atoms with Crippen LogP contribution in [0.15, 0.2) is 23.1 Å². The Bertz CT molecular complexity index is 686.